The fourth-order valence-electron chi connectivity index (χ4n) is 0.469. The minimum Gasteiger partial charge on any atom is -0.759 e. The van der Waals surface area contributed by atoms with Crippen molar-refractivity contribution in [2.24, 2.45) is 0 Å². The number of hydrogen-bond acceptors (Lipinski definition) is 4. The summed E-state index contributed by atoms with van der Waals surface area (Å²) in [6.45, 7) is 1.16. The Balaban J connectivity index is 2.35. The van der Waals surface area contributed by atoms with E-state index in [4.69, 9.17) is 0 Å². The van der Waals surface area contributed by atoms with Gasteiger partial charge < -0.3 is 4.55 Å². The molecular formula is C2H6N3O2S-. The highest BCUT2D eigenvalue weighted by Gasteiger charge is 2.08. The van der Waals surface area contributed by atoms with Gasteiger partial charge in [-0.3, -0.25) is 4.21 Å². The van der Waals surface area contributed by atoms with Crippen molar-refractivity contribution in [2.45, 2.75) is 0 Å². The number of hydrazine groups is 2. The standard InChI is InChI=1S/C2H7N3O2S/c6-8(7)5-2-1-3-4-5/h3-4H,1-2H2,(H,6,7)/p-1. The topological polar surface area (TPSA) is 67.4 Å². The summed E-state index contributed by atoms with van der Waals surface area (Å²) >= 11 is -2.13. The summed E-state index contributed by atoms with van der Waals surface area (Å²) in [4.78, 5) is 0. The maximum absolute atomic E-state index is 10.0. The third-order valence-corrected chi connectivity index (χ3v) is 1.46. The molecule has 8 heavy (non-hydrogen) atoms. The van der Waals surface area contributed by atoms with E-state index >= 15 is 0 Å². The van der Waals surface area contributed by atoms with Crippen molar-refractivity contribution in [3.05, 3.63) is 0 Å². The predicted molar refractivity (Wildman–Crippen MR) is 26.8 cm³/mol. The van der Waals surface area contributed by atoms with Gasteiger partial charge in [-0.2, -0.15) is 9.95 Å². The zero-order valence-electron chi connectivity index (χ0n) is 4.09. The number of nitrogens with one attached hydrogen (secondary N) is 2. The lowest BCUT2D eigenvalue weighted by Gasteiger charge is -2.15. The third kappa shape index (κ3) is 1.23. The molecule has 1 saturated heterocycles. The molecule has 0 spiro atoms. The van der Waals surface area contributed by atoms with E-state index in [1.54, 1.807) is 0 Å². The smallest absolute Gasteiger partial charge is 0.0411 e. The average Bonchev–Trinajstić information content (AvgIpc) is 2.12. The molecule has 48 valence electrons. The van der Waals surface area contributed by atoms with E-state index in [0.717, 1.165) is 4.41 Å². The van der Waals surface area contributed by atoms with Crippen molar-refractivity contribution in [1.29, 1.82) is 0 Å². The first-order valence-corrected chi connectivity index (χ1v) is 3.19. The van der Waals surface area contributed by atoms with Gasteiger partial charge >= 0.3 is 0 Å². The summed E-state index contributed by atoms with van der Waals surface area (Å²) in [6.07, 6.45) is 0. The number of rotatable bonds is 1. The van der Waals surface area contributed by atoms with Crippen LogP contribution in [0.4, 0.5) is 0 Å². The van der Waals surface area contributed by atoms with Gasteiger partial charge in [0, 0.05) is 24.4 Å². The quantitative estimate of drug-likeness (QED) is 0.413. The van der Waals surface area contributed by atoms with Crippen molar-refractivity contribution < 1.29 is 8.76 Å². The van der Waals surface area contributed by atoms with Crippen LogP contribution >= 0.6 is 0 Å². The van der Waals surface area contributed by atoms with Gasteiger partial charge in [0.1, 0.15) is 0 Å². The van der Waals surface area contributed by atoms with E-state index in [1.807, 2.05) is 0 Å². The molecule has 1 heterocycles. The molecule has 0 saturated carbocycles. The highest BCUT2D eigenvalue weighted by atomic mass is 32.2. The number of hydrogen-bond donors (Lipinski definition) is 2. The fourth-order valence-corrected chi connectivity index (χ4v) is 0.849. The molecule has 0 radical (unpaired) electrons. The lowest BCUT2D eigenvalue weighted by Crippen LogP contribution is -2.36. The summed E-state index contributed by atoms with van der Waals surface area (Å²) in [5, 5.41) is 0. The molecule has 1 rings (SSSR count). The van der Waals surface area contributed by atoms with Gasteiger partial charge in [-0.1, -0.05) is 0 Å². The van der Waals surface area contributed by atoms with Crippen molar-refractivity contribution in [2.75, 3.05) is 13.1 Å². The molecule has 1 atom stereocenters. The lowest BCUT2D eigenvalue weighted by molar-refractivity contribution is 0.352. The maximum atomic E-state index is 10.0. The Morgan fingerprint density at radius 2 is 2.50 bits per heavy atom. The summed E-state index contributed by atoms with van der Waals surface area (Å²) in [5.74, 6) is 0. The minimum absolute atomic E-state index is 0.496. The molecule has 0 aliphatic carbocycles. The first-order chi connectivity index (χ1) is 3.80. The van der Waals surface area contributed by atoms with Crippen LogP contribution in [-0.2, 0) is 11.3 Å². The highest BCUT2D eigenvalue weighted by Crippen LogP contribution is 1.87. The van der Waals surface area contributed by atoms with Crippen LogP contribution in [0, 0.1) is 0 Å². The summed E-state index contributed by atoms with van der Waals surface area (Å²) in [7, 11) is 0. The van der Waals surface area contributed by atoms with Gasteiger partial charge in [-0.15, -0.1) is 0 Å². The molecule has 0 amide bonds. The number of nitrogens with zero attached hydrogens (tertiary/aromatic N) is 1. The van der Waals surface area contributed by atoms with E-state index < -0.39 is 11.3 Å². The average molecular weight is 136 g/mol. The molecule has 1 fully saturated rings. The van der Waals surface area contributed by atoms with Gasteiger partial charge in [0.25, 0.3) is 0 Å². The van der Waals surface area contributed by atoms with Crippen molar-refractivity contribution in [3.63, 3.8) is 0 Å². The van der Waals surface area contributed by atoms with Gasteiger partial charge in [-0.25, -0.2) is 5.43 Å². The van der Waals surface area contributed by atoms with Crippen LogP contribution in [0.1, 0.15) is 0 Å². The summed E-state index contributed by atoms with van der Waals surface area (Å²) in [5.41, 5.74) is 5.06. The van der Waals surface area contributed by atoms with Crippen LogP contribution in [0.3, 0.4) is 0 Å². The minimum atomic E-state index is -2.13. The van der Waals surface area contributed by atoms with E-state index in [2.05, 4.69) is 11.0 Å². The van der Waals surface area contributed by atoms with Crippen molar-refractivity contribution in [1.82, 2.24) is 15.4 Å². The zero-order valence-corrected chi connectivity index (χ0v) is 4.90. The molecule has 0 bridgehead atoms. The Bertz CT molecular complexity index is 101. The lowest BCUT2D eigenvalue weighted by atomic mass is 10.7. The van der Waals surface area contributed by atoms with Crippen LogP contribution in [-0.4, -0.2) is 26.3 Å². The Hall–Kier alpha value is -0.0100. The molecular weight excluding hydrogens is 130 g/mol. The van der Waals surface area contributed by atoms with Crippen LogP contribution in [0.5, 0.6) is 0 Å². The van der Waals surface area contributed by atoms with E-state index in [1.165, 1.54) is 0 Å². The van der Waals surface area contributed by atoms with E-state index in [9.17, 15) is 8.76 Å². The molecule has 1 aliphatic rings. The van der Waals surface area contributed by atoms with Gasteiger partial charge in [-0.05, 0) is 0 Å². The van der Waals surface area contributed by atoms with Crippen molar-refractivity contribution >= 4 is 11.3 Å². The van der Waals surface area contributed by atoms with Crippen LogP contribution < -0.4 is 11.0 Å². The van der Waals surface area contributed by atoms with E-state index in [-0.39, 0.29) is 0 Å². The molecule has 5 nitrogen and oxygen atoms in total. The molecule has 0 aromatic carbocycles. The molecule has 0 aromatic rings. The summed E-state index contributed by atoms with van der Waals surface area (Å²) in [6, 6.07) is 0. The van der Waals surface area contributed by atoms with Gasteiger partial charge in [0.2, 0.25) is 0 Å². The van der Waals surface area contributed by atoms with E-state index in [0.29, 0.717) is 13.1 Å². The normalized spacial score (nSPS) is 26.1. The molecule has 0 aromatic heterocycles. The second-order valence-corrected chi connectivity index (χ2v) is 2.23. The predicted octanol–water partition coefficient (Wildman–Crippen LogP) is -1.89. The Morgan fingerprint density at radius 3 is 2.75 bits per heavy atom. The maximum Gasteiger partial charge on any atom is 0.0411 e. The summed E-state index contributed by atoms with van der Waals surface area (Å²) < 4.78 is 21.1. The van der Waals surface area contributed by atoms with Gasteiger partial charge in [0.05, 0.1) is 0 Å². The zero-order chi connectivity index (χ0) is 5.98. The first-order valence-electron chi connectivity index (χ1n) is 2.16. The molecule has 1 unspecified atom stereocenters. The molecule has 1 aliphatic heterocycles. The fraction of sp³-hybridized carbons (Fsp3) is 1.00. The second-order valence-electron chi connectivity index (χ2n) is 1.36. The highest BCUT2D eigenvalue weighted by molar-refractivity contribution is 7.76. The third-order valence-electron chi connectivity index (χ3n) is 0.824. The Morgan fingerprint density at radius 1 is 1.75 bits per heavy atom. The Labute approximate surface area is 49.4 Å². The van der Waals surface area contributed by atoms with Crippen LogP contribution in [0.2, 0.25) is 0 Å². The Kier molecular flexibility index (Phi) is 1.92. The second kappa shape index (κ2) is 2.51. The van der Waals surface area contributed by atoms with Crippen LogP contribution in [0.15, 0.2) is 0 Å². The first kappa shape index (κ1) is 6.12. The monoisotopic (exact) mass is 136 g/mol. The molecule has 6 heteroatoms. The molecule has 2 N–H and O–H groups in total. The van der Waals surface area contributed by atoms with Crippen molar-refractivity contribution in [3.8, 4) is 0 Å². The van der Waals surface area contributed by atoms with Crippen LogP contribution in [0.25, 0.3) is 0 Å². The van der Waals surface area contributed by atoms with Gasteiger partial charge in [0.15, 0.2) is 0 Å². The largest absolute Gasteiger partial charge is 0.759 e. The SMILES string of the molecule is O=S([O-])N1CCNN1.